The number of rotatable bonds is 7. The van der Waals surface area contributed by atoms with Crippen molar-refractivity contribution in [1.29, 1.82) is 0 Å². The summed E-state index contributed by atoms with van der Waals surface area (Å²) >= 11 is 8.12. The monoisotopic (exact) mass is 395 g/mol. The van der Waals surface area contributed by atoms with Crippen LogP contribution in [0.15, 0.2) is 30.1 Å². The van der Waals surface area contributed by atoms with E-state index in [2.05, 4.69) is 30.6 Å². The number of allylic oxidation sites excluding steroid dienone is 2. The van der Waals surface area contributed by atoms with Gasteiger partial charge in [0.05, 0.1) is 16.4 Å². The van der Waals surface area contributed by atoms with Gasteiger partial charge in [0.15, 0.2) is 11.6 Å². The number of esters is 1. The molecule has 26 heavy (non-hydrogen) atoms. The first-order chi connectivity index (χ1) is 12.3. The summed E-state index contributed by atoms with van der Waals surface area (Å²) in [6.45, 7) is 7.85. The number of thioether (sulfide) groups is 1. The van der Waals surface area contributed by atoms with Crippen LogP contribution in [0.2, 0.25) is 0 Å². The maximum atomic E-state index is 12.4. The lowest BCUT2D eigenvalue weighted by Crippen LogP contribution is -2.12. The highest BCUT2D eigenvalue weighted by atomic mass is 35.5. The van der Waals surface area contributed by atoms with Gasteiger partial charge in [-0.2, -0.15) is 11.8 Å². The second-order valence-corrected chi connectivity index (χ2v) is 8.05. The molecule has 0 N–H and O–H groups in total. The average Bonchev–Trinajstić information content (AvgIpc) is 2.94. The van der Waals surface area contributed by atoms with Gasteiger partial charge in [-0.1, -0.05) is 38.1 Å². The molecule has 2 rings (SSSR count). The molecule has 1 heterocycles. The summed E-state index contributed by atoms with van der Waals surface area (Å²) in [5, 5.41) is 8.81. The first-order valence-electron chi connectivity index (χ1n) is 8.31. The zero-order valence-corrected chi connectivity index (χ0v) is 16.7. The molecule has 140 valence electrons. The maximum Gasteiger partial charge on any atom is 0.344 e. The van der Waals surface area contributed by atoms with Crippen LogP contribution in [0.5, 0.6) is 0 Å². The molecule has 1 aliphatic carbocycles. The first-order valence-corrected chi connectivity index (χ1v) is 9.74. The minimum atomic E-state index is -0.660. The number of aromatic nitrogens is 3. The molecule has 8 heteroatoms. The van der Waals surface area contributed by atoms with Crippen molar-refractivity contribution in [3.8, 4) is 0 Å². The second-order valence-electron chi connectivity index (χ2n) is 6.11. The zero-order valence-electron chi connectivity index (χ0n) is 15.1. The third kappa shape index (κ3) is 5.08. The van der Waals surface area contributed by atoms with Crippen LogP contribution in [0.3, 0.4) is 0 Å². The fourth-order valence-electron chi connectivity index (χ4n) is 2.32. The highest BCUT2D eigenvalue weighted by Crippen LogP contribution is 2.26. The summed E-state index contributed by atoms with van der Waals surface area (Å²) in [6, 6.07) is 0. The molecule has 0 unspecified atom stereocenters. The quantitative estimate of drug-likeness (QED) is 0.397. The predicted octanol–water partition coefficient (Wildman–Crippen LogP) is 3.77. The Bertz CT molecular complexity index is 781. The minimum Gasteiger partial charge on any atom is -0.427 e. The lowest BCUT2D eigenvalue weighted by atomic mass is 10.1. The molecule has 0 aliphatic heterocycles. The van der Waals surface area contributed by atoms with Crippen molar-refractivity contribution < 1.29 is 14.3 Å². The fourth-order valence-corrected chi connectivity index (χ4v) is 3.37. The third-order valence-electron chi connectivity index (χ3n) is 3.76. The molecule has 1 aromatic heterocycles. The molecule has 1 aliphatic rings. The van der Waals surface area contributed by atoms with E-state index in [1.165, 1.54) is 12.2 Å². The van der Waals surface area contributed by atoms with E-state index >= 15 is 0 Å². The zero-order chi connectivity index (χ0) is 19.3. The number of hydrogen-bond acceptors (Lipinski definition) is 6. The molecule has 0 radical (unpaired) electrons. The SMILES string of the molecule is C=C/C(C(=O)OC1=CC(=O)CCC1)=C(/Cl)c1nnc(CSC(C)C)n1C. The summed E-state index contributed by atoms with van der Waals surface area (Å²) < 4.78 is 7.06. The highest BCUT2D eigenvalue weighted by molar-refractivity contribution is 7.99. The highest BCUT2D eigenvalue weighted by Gasteiger charge is 2.22. The number of hydrogen-bond donors (Lipinski definition) is 0. The Morgan fingerprint density at radius 1 is 1.46 bits per heavy atom. The summed E-state index contributed by atoms with van der Waals surface area (Å²) in [5.41, 5.74) is 0.0872. The maximum absolute atomic E-state index is 12.4. The largest absolute Gasteiger partial charge is 0.427 e. The number of halogens is 1. The van der Waals surface area contributed by atoms with Crippen molar-refractivity contribution in [2.75, 3.05) is 0 Å². The summed E-state index contributed by atoms with van der Waals surface area (Å²) in [7, 11) is 1.79. The number of ketones is 1. The van der Waals surface area contributed by atoms with Gasteiger partial charge in [-0.15, -0.1) is 10.2 Å². The third-order valence-corrected chi connectivity index (χ3v) is 5.22. The lowest BCUT2D eigenvalue weighted by Gasteiger charge is -2.13. The van der Waals surface area contributed by atoms with E-state index in [0.29, 0.717) is 41.8 Å². The fraction of sp³-hybridized carbons (Fsp3) is 0.444. The van der Waals surface area contributed by atoms with Crippen molar-refractivity contribution in [3.63, 3.8) is 0 Å². The van der Waals surface area contributed by atoms with E-state index < -0.39 is 5.97 Å². The number of carbonyl (C=O) groups excluding carboxylic acids is 2. The molecule has 0 amide bonds. The molecule has 0 spiro atoms. The van der Waals surface area contributed by atoms with Gasteiger partial charge in [0, 0.05) is 26.0 Å². The van der Waals surface area contributed by atoms with Crippen LogP contribution < -0.4 is 0 Å². The van der Waals surface area contributed by atoms with Crippen LogP contribution in [0.4, 0.5) is 0 Å². The first kappa shape index (κ1) is 20.5. The van der Waals surface area contributed by atoms with E-state index in [9.17, 15) is 9.59 Å². The lowest BCUT2D eigenvalue weighted by molar-refractivity contribution is -0.135. The Morgan fingerprint density at radius 2 is 2.19 bits per heavy atom. The topological polar surface area (TPSA) is 74.1 Å². The Balaban J connectivity index is 2.23. The molecular weight excluding hydrogens is 374 g/mol. The van der Waals surface area contributed by atoms with Crippen molar-refractivity contribution in [1.82, 2.24) is 14.8 Å². The molecule has 1 aromatic rings. The molecule has 6 nitrogen and oxygen atoms in total. The predicted molar refractivity (Wildman–Crippen MR) is 103 cm³/mol. The molecule has 0 aromatic carbocycles. The molecule has 0 saturated carbocycles. The van der Waals surface area contributed by atoms with Crippen molar-refractivity contribution >= 4 is 40.1 Å². The summed E-state index contributed by atoms with van der Waals surface area (Å²) in [6.07, 6.45) is 4.37. The van der Waals surface area contributed by atoms with Crippen molar-refractivity contribution in [3.05, 3.63) is 41.7 Å². The van der Waals surface area contributed by atoms with E-state index in [-0.39, 0.29) is 16.4 Å². The van der Waals surface area contributed by atoms with Gasteiger partial charge in [0.1, 0.15) is 11.6 Å². The Hall–Kier alpha value is -1.86. The Labute approximate surface area is 162 Å². The smallest absolute Gasteiger partial charge is 0.344 e. The minimum absolute atomic E-state index is 0.0464. The van der Waals surface area contributed by atoms with Crippen LogP contribution in [-0.2, 0) is 27.1 Å². The van der Waals surface area contributed by atoms with E-state index in [0.717, 1.165) is 5.82 Å². The molecule has 0 fully saturated rings. The Kier molecular flexibility index (Phi) is 7.23. The van der Waals surface area contributed by atoms with Gasteiger partial charge in [0.25, 0.3) is 0 Å². The number of ether oxygens (including phenoxy) is 1. The average molecular weight is 396 g/mol. The number of nitrogens with zero attached hydrogens (tertiary/aromatic N) is 3. The van der Waals surface area contributed by atoms with E-state index in [4.69, 9.17) is 16.3 Å². The van der Waals surface area contributed by atoms with Crippen LogP contribution in [-0.4, -0.2) is 31.8 Å². The standard InChI is InChI=1S/C18H22ClN3O3S/c1-5-14(18(24)25-13-8-6-7-12(23)9-13)16(19)17-21-20-15(22(17)4)10-26-11(2)3/h5,9,11H,1,6-8,10H2,2-4H3/b16-14-. The van der Waals surface area contributed by atoms with Crippen LogP contribution in [0.25, 0.3) is 5.03 Å². The molecular formula is C18H22ClN3O3S. The van der Waals surface area contributed by atoms with Gasteiger partial charge in [-0.25, -0.2) is 4.79 Å². The van der Waals surface area contributed by atoms with Gasteiger partial charge in [0.2, 0.25) is 0 Å². The Morgan fingerprint density at radius 3 is 2.81 bits per heavy atom. The van der Waals surface area contributed by atoms with Gasteiger partial charge in [-0.3, -0.25) is 4.79 Å². The van der Waals surface area contributed by atoms with E-state index in [1.54, 1.807) is 23.4 Å². The van der Waals surface area contributed by atoms with Crippen LogP contribution >= 0.6 is 23.4 Å². The van der Waals surface area contributed by atoms with Crippen molar-refractivity contribution in [2.24, 2.45) is 7.05 Å². The molecule has 0 saturated heterocycles. The molecule has 0 bridgehead atoms. The molecule has 0 atom stereocenters. The normalized spacial score (nSPS) is 15.6. The summed E-state index contributed by atoms with van der Waals surface area (Å²) in [4.78, 5) is 23.9. The van der Waals surface area contributed by atoms with E-state index in [1.807, 2.05) is 0 Å². The second kappa shape index (κ2) is 9.19. The van der Waals surface area contributed by atoms with Crippen LogP contribution in [0.1, 0.15) is 44.8 Å². The van der Waals surface area contributed by atoms with Crippen molar-refractivity contribution in [2.45, 2.75) is 44.1 Å². The van der Waals surface area contributed by atoms with Gasteiger partial charge >= 0.3 is 5.97 Å². The van der Waals surface area contributed by atoms with Crippen LogP contribution in [0, 0.1) is 0 Å². The number of carbonyl (C=O) groups is 2. The summed E-state index contributed by atoms with van der Waals surface area (Å²) in [5.74, 6) is 1.46. The van der Waals surface area contributed by atoms with Gasteiger partial charge < -0.3 is 9.30 Å². The van der Waals surface area contributed by atoms with Gasteiger partial charge in [-0.05, 0) is 11.7 Å².